The number of carbonyl (C=O) groups excluding carboxylic acids is 1. The van der Waals surface area contributed by atoms with Crippen LogP contribution in [0.1, 0.15) is 59.6 Å². The van der Waals surface area contributed by atoms with Gasteiger partial charge in [0, 0.05) is 12.1 Å². The third-order valence-electron chi connectivity index (χ3n) is 6.34. The smallest absolute Gasteiger partial charge is 0.344 e. The van der Waals surface area contributed by atoms with Gasteiger partial charge in [-0.1, -0.05) is 60.0 Å². The number of rotatable bonds is 4. The van der Waals surface area contributed by atoms with Crippen LogP contribution in [0.4, 0.5) is 13.2 Å². The molecular formula is C23H23Cl2F3N2O. The maximum absolute atomic E-state index is 13.3. The molecule has 4 rings (SSSR count). The van der Waals surface area contributed by atoms with E-state index in [0.717, 1.165) is 56.3 Å². The van der Waals surface area contributed by atoms with Gasteiger partial charge in [-0.15, -0.1) is 0 Å². The highest BCUT2D eigenvalue weighted by atomic mass is 35.5. The summed E-state index contributed by atoms with van der Waals surface area (Å²) in [6, 6.07) is 11.6. The van der Waals surface area contributed by atoms with Gasteiger partial charge in [-0.2, -0.15) is 13.2 Å². The molecular weight excluding hydrogens is 448 g/mol. The van der Waals surface area contributed by atoms with Crippen LogP contribution < -0.4 is 5.32 Å². The SMILES string of the molecule is O=C(NC(c1ccccc1)C1CCCC2CCCN21)c1c(Cl)ccc(C(F)(F)F)c1Cl. The van der Waals surface area contributed by atoms with E-state index in [1.165, 1.54) is 0 Å². The topological polar surface area (TPSA) is 32.3 Å². The van der Waals surface area contributed by atoms with E-state index in [1.807, 2.05) is 30.3 Å². The van der Waals surface area contributed by atoms with Crippen molar-refractivity contribution < 1.29 is 18.0 Å². The van der Waals surface area contributed by atoms with Crippen LogP contribution in [0.3, 0.4) is 0 Å². The zero-order valence-corrected chi connectivity index (χ0v) is 18.3. The van der Waals surface area contributed by atoms with Crippen LogP contribution in [0.15, 0.2) is 42.5 Å². The zero-order valence-electron chi connectivity index (χ0n) is 16.8. The molecule has 166 valence electrons. The minimum absolute atomic E-state index is 0.0657. The van der Waals surface area contributed by atoms with Crippen LogP contribution in [-0.2, 0) is 6.18 Å². The molecule has 1 N–H and O–H groups in total. The summed E-state index contributed by atoms with van der Waals surface area (Å²) in [6.45, 7) is 0.958. The molecule has 0 spiro atoms. The van der Waals surface area contributed by atoms with E-state index >= 15 is 0 Å². The van der Waals surface area contributed by atoms with E-state index in [-0.39, 0.29) is 22.7 Å². The molecule has 2 aliphatic rings. The summed E-state index contributed by atoms with van der Waals surface area (Å²) in [4.78, 5) is 15.7. The Morgan fingerprint density at radius 1 is 1.03 bits per heavy atom. The van der Waals surface area contributed by atoms with Crippen molar-refractivity contribution >= 4 is 29.1 Å². The van der Waals surface area contributed by atoms with Crippen LogP contribution in [0, 0.1) is 0 Å². The van der Waals surface area contributed by atoms with E-state index < -0.39 is 22.7 Å². The van der Waals surface area contributed by atoms with Gasteiger partial charge in [-0.05, 0) is 49.9 Å². The number of piperidine rings is 1. The Kier molecular flexibility index (Phi) is 6.52. The summed E-state index contributed by atoms with van der Waals surface area (Å²) in [5, 5.41) is 2.19. The molecule has 3 unspecified atom stereocenters. The Morgan fingerprint density at radius 2 is 1.74 bits per heavy atom. The molecule has 0 aromatic heterocycles. The van der Waals surface area contributed by atoms with Gasteiger partial charge in [0.2, 0.25) is 0 Å². The molecule has 0 radical (unpaired) electrons. The lowest BCUT2D eigenvalue weighted by Crippen LogP contribution is -2.50. The first kappa shape index (κ1) is 22.4. The molecule has 0 aliphatic carbocycles. The maximum Gasteiger partial charge on any atom is 0.417 e. The summed E-state index contributed by atoms with van der Waals surface area (Å²) in [6.07, 6.45) is 0.661. The van der Waals surface area contributed by atoms with Crippen molar-refractivity contribution in [3.8, 4) is 0 Å². The molecule has 1 amide bonds. The molecule has 8 heteroatoms. The fraction of sp³-hybridized carbons (Fsp3) is 0.435. The second-order valence-electron chi connectivity index (χ2n) is 8.18. The van der Waals surface area contributed by atoms with E-state index in [4.69, 9.17) is 23.2 Å². The van der Waals surface area contributed by atoms with E-state index in [9.17, 15) is 18.0 Å². The molecule has 2 aliphatic heterocycles. The van der Waals surface area contributed by atoms with Gasteiger partial charge in [0.15, 0.2) is 0 Å². The third kappa shape index (κ3) is 4.57. The van der Waals surface area contributed by atoms with Gasteiger partial charge >= 0.3 is 6.18 Å². The van der Waals surface area contributed by atoms with Crippen molar-refractivity contribution in [2.75, 3.05) is 6.54 Å². The van der Waals surface area contributed by atoms with Gasteiger partial charge in [0.05, 0.1) is 27.2 Å². The first-order valence-corrected chi connectivity index (χ1v) is 11.2. The molecule has 0 saturated carbocycles. The van der Waals surface area contributed by atoms with Crippen molar-refractivity contribution in [2.45, 2.75) is 56.4 Å². The molecule has 3 nitrogen and oxygen atoms in total. The van der Waals surface area contributed by atoms with Crippen LogP contribution in [0.25, 0.3) is 0 Å². The number of nitrogens with one attached hydrogen (secondary N) is 1. The summed E-state index contributed by atoms with van der Waals surface area (Å²) in [5.41, 5.74) is -0.502. The average molecular weight is 471 g/mol. The summed E-state index contributed by atoms with van der Waals surface area (Å²) < 4.78 is 40.0. The maximum atomic E-state index is 13.3. The Morgan fingerprint density at radius 3 is 2.45 bits per heavy atom. The predicted octanol–water partition coefficient (Wildman–Crippen LogP) is 6.50. The number of halogens is 5. The number of nitrogens with zero attached hydrogens (tertiary/aromatic N) is 1. The van der Waals surface area contributed by atoms with Crippen molar-refractivity contribution in [1.82, 2.24) is 10.2 Å². The molecule has 3 atom stereocenters. The second kappa shape index (κ2) is 9.00. The fourth-order valence-electron chi connectivity index (χ4n) is 4.95. The van der Waals surface area contributed by atoms with E-state index in [0.29, 0.717) is 6.04 Å². The van der Waals surface area contributed by atoms with Gasteiger partial charge in [0.1, 0.15) is 0 Å². The fourth-order valence-corrected chi connectivity index (χ4v) is 5.60. The number of fused-ring (bicyclic) bond motifs is 1. The van der Waals surface area contributed by atoms with Crippen LogP contribution in [-0.4, -0.2) is 29.4 Å². The lowest BCUT2D eigenvalue weighted by molar-refractivity contribution is -0.137. The Balaban J connectivity index is 1.69. The molecule has 2 saturated heterocycles. The number of amides is 1. The van der Waals surface area contributed by atoms with Gasteiger partial charge < -0.3 is 5.32 Å². The highest BCUT2D eigenvalue weighted by Crippen LogP contribution is 2.40. The Bertz CT molecular complexity index is 952. The van der Waals surface area contributed by atoms with Gasteiger partial charge in [-0.25, -0.2) is 0 Å². The standard InChI is InChI=1S/C23H23Cl2F3N2O/c24-17-12-11-16(23(26,27)28)20(25)19(17)22(31)29-21(14-6-2-1-3-7-14)18-10-4-8-15-9-5-13-30(15)18/h1-3,6-7,11-12,15,18,21H,4-5,8-10,13H2,(H,29,31). The largest absolute Gasteiger partial charge is 0.417 e. The number of carbonyl (C=O) groups is 1. The number of alkyl halides is 3. The second-order valence-corrected chi connectivity index (χ2v) is 8.96. The summed E-state index contributed by atoms with van der Waals surface area (Å²) in [7, 11) is 0. The van der Waals surface area contributed by atoms with Gasteiger partial charge in [0.25, 0.3) is 5.91 Å². The molecule has 31 heavy (non-hydrogen) atoms. The molecule has 2 aromatic carbocycles. The van der Waals surface area contributed by atoms with E-state index in [2.05, 4.69) is 10.2 Å². The first-order chi connectivity index (χ1) is 14.8. The number of benzene rings is 2. The Labute approximate surface area is 189 Å². The lowest BCUT2D eigenvalue weighted by atomic mass is 9.88. The van der Waals surface area contributed by atoms with E-state index in [1.54, 1.807) is 0 Å². The quantitative estimate of drug-likeness (QED) is 0.552. The highest BCUT2D eigenvalue weighted by Gasteiger charge is 2.40. The summed E-state index contributed by atoms with van der Waals surface area (Å²) >= 11 is 12.2. The molecule has 2 fully saturated rings. The summed E-state index contributed by atoms with van der Waals surface area (Å²) in [5.74, 6) is -0.698. The minimum atomic E-state index is -4.68. The van der Waals surface area contributed by atoms with Crippen LogP contribution in [0.2, 0.25) is 10.0 Å². The third-order valence-corrected chi connectivity index (χ3v) is 7.05. The zero-order chi connectivity index (χ0) is 22.2. The lowest BCUT2D eigenvalue weighted by Gasteiger charge is -2.42. The first-order valence-electron chi connectivity index (χ1n) is 10.4. The van der Waals surface area contributed by atoms with Crippen molar-refractivity contribution in [3.63, 3.8) is 0 Å². The highest BCUT2D eigenvalue weighted by molar-refractivity contribution is 6.40. The predicted molar refractivity (Wildman–Crippen MR) is 115 cm³/mol. The monoisotopic (exact) mass is 470 g/mol. The van der Waals surface area contributed by atoms with Crippen molar-refractivity contribution in [3.05, 3.63) is 69.2 Å². The molecule has 0 bridgehead atoms. The van der Waals surface area contributed by atoms with Crippen molar-refractivity contribution in [2.24, 2.45) is 0 Å². The molecule has 2 aromatic rings. The van der Waals surface area contributed by atoms with Gasteiger partial charge in [-0.3, -0.25) is 9.69 Å². The minimum Gasteiger partial charge on any atom is -0.344 e. The van der Waals surface area contributed by atoms with Crippen LogP contribution in [0.5, 0.6) is 0 Å². The number of hydrogen-bond donors (Lipinski definition) is 1. The average Bonchev–Trinajstić information content (AvgIpc) is 3.21. The molecule has 2 heterocycles. The Hall–Kier alpha value is -1.76. The van der Waals surface area contributed by atoms with Crippen molar-refractivity contribution in [1.29, 1.82) is 0 Å². The van der Waals surface area contributed by atoms with Crippen LogP contribution >= 0.6 is 23.2 Å². The normalized spacial score (nSPS) is 22.7. The number of hydrogen-bond acceptors (Lipinski definition) is 2.